The predicted molar refractivity (Wildman–Crippen MR) is 121 cm³/mol. The number of hydrogen-bond acceptors (Lipinski definition) is 6. The summed E-state index contributed by atoms with van der Waals surface area (Å²) in [5.41, 5.74) is 1.65. The molecule has 2 saturated heterocycles. The fourth-order valence-corrected chi connectivity index (χ4v) is 5.56. The van der Waals surface area contributed by atoms with E-state index in [4.69, 9.17) is 9.47 Å². The third-order valence-electron chi connectivity index (χ3n) is 7.16. The van der Waals surface area contributed by atoms with Crippen LogP contribution in [-0.4, -0.2) is 56.1 Å². The van der Waals surface area contributed by atoms with Crippen LogP contribution in [0.2, 0.25) is 0 Å². The summed E-state index contributed by atoms with van der Waals surface area (Å²) in [6.45, 7) is 0.965. The van der Waals surface area contributed by atoms with E-state index in [0.717, 1.165) is 36.2 Å². The van der Waals surface area contributed by atoms with Gasteiger partial charge in [0, 0.05) is 18.8 Å². The van der Waals surface area contributed by atoms with Gasteiger partial charge in [0.15, 0.2) is 16.9 Å². The first-order valence-electron chi connectivity index (χ1n) is 11.2. The van der Waals surface area contributed by atoms with Crippen LogP contribution >= 0.6 is 0 Å². The molecule has 172 valence electrons. The molecule has 33 heavy (non-hydrogen) atoms. The highest BCUT2D eigenvalue weighted by Gasteiger charge is 2.62. The number of methoxy groups -OCH3 is 2. The molecule has 5 rings (SSSR count). The number of ether oxygens (including phenoxy) is 2. The monoisotopic (exact) mass is 449 g/mol. The number of hydrogen-bond donors (Lipinski definition) is 1. The highest BCUT2D eigenvalue weighted by Crippen LogP contribution is 2.48. The maximum atomic E-state index is 13.9. The molecule has 0 unspecified atom stereocenters. The smallest absolute Gasteiger partial charge is 0.330 e. The standard InChI is InChI=1S/C25H27N3O5/c1-32-19-10-9-16(14-20(19)33-2)11-13-28-23(30)25(22(29)26-24(28)31)15-17-6-3-4-7-18(17)27-12-5-8-21(25)27/h3-4,6-7,9-10,14,21H,5,8,11-13,15H2,1-2H3,(H,26,29,31)/t21-,25-/m0/s1. The van der Waals surface area contributed by atoms with Gasteiger partial charge in [0.1, 0.15) is 0 Å². The molecule has 0 aliphatic carbocycles. The number of para-hydroxylation sites is 1. The lowest BCUT2D eigenvalue weighted by Crippen LogP contribution is -2.71. The minimum absolute atomic E-state index is 0.170. The zero-order valence-corrected chi connectivity index (χ0v) is 18.8. The lowest BCUT2D eigenvalue weighted by Gasteiger charge is -2.49. The maximum absolute atomic E-state index is 13.9. The van der Waals surface area contributed by atoms with Gasteiger partial charge in [-0.25, -0.2) is 4.79 Å². The largest absolute Gasteiger partial charge is 0.493 e. The third kappa shape index (κ3) is 3.23. The van der Waals surface area contributed by atoms with Crippen LogP contribution in [0.5, 0.6) is 11.5 Å². The van der Waals surface area contributed by atoms with Gasteiger partial charge in [-0.1, -0.05) is 24.3 Å². The number of carbonyl (C=O) groups is 3. The minimum atomic E-state index is -1.30. The number of rotatable bonds is 5. The molecule has 3 aliphatic heterocycles. The van der Waals surface area contributed by atoms with E-state index in [0.29, 0.717) is 24.3 Å². The molecule has 3 aliphatic rings. The molecule has 0 saturated carbocycles. The first-order valence-corrected chi connectivity index (χ1v) is 11.2. The molecular weight excluding hydrogens is 422 g/mol. The highest BCUT2D eigenvalue weighted by atomic mass is 16.5. The van der Waals surface area contributed by atoms with Gasteiger partial charge in [0.05, 0.1) is 20.3 Å². The van der Waals surface area contributed by atoms with E-state index >= 15 is 0 Å². The summed E-state index contributed by atoms with van der Waals surface area (Å²) in [7, 11) is 3.13. The summed E-state index contributed by atoms with van der Waals surface area (Å²) in [4.78, 5) is 43.3. The number of amides is 4. The molecule has 1 N–H and O–H groups in total. The number of nitrogens with one attached hydrogen (secondary N) is 1. The second-order valence-corrected chi connectivity index (χ2v) is 8.78. The first kappa shape index (κ1) is 21.3. The van der Waals surface area contributed by atoms with Crippen LogP contribution in [0, 0.1) is 5.41 Å². The Balaban J connectivity index is 1.45. The molecule has 8 heteroatoms. The number of nitrogens with zero attached hydrogens (tertiary/aromatic N) is 2. The van der Waals surface area contributed by atoms with Crippen molar-refractivity contribution < 1.29 is 23.9 Å². The molecule has 0 radical (unpaired) electrons. The summed E-state index contributed by atoms with van der Waals surface area (Å²) in [5.74, 6) is 0.316. The van der Waals surface area contributed by atoms with Crippen molar-refractivity contribution in [1.29, 1.82) is 0 Å². The molecule has 2 fully saturated rings. The van der Waals surface area contributed by atoms with Crippen molar-refractivity contribution in [2.75, 3.05) is 32.2 Å². The van der Waals surface area contributed by atoms with Crippen molar-refractivity contribution >= 4 is 23.5 Å². The molecule has 8 nitrogen and oxygen atoms in total. The molecule has 0 bridgehead atoms. The Labute approximate surface area is 192 Å². The van der Waals surface area contributed by atoms with Crippen molar-refractivity contribution in [3.63, 3.8) is 0 Å². The molecule has 2 aromatic rings. The van der Waals surface area contributed by atoms with Crippen molar-refractivity contribution in [3.8, 4) is 11.5 Å². The van der Waals surface area contributed by atoms with Crippen LogP contribution in [0.15, 0.2) is 42.5 Å². The van der Waals surface area contributed by atoms with Gasteiger partial charge in [0.25, 0.3) is 0 Å². The van der Waals surface area contributed by atoms with E-state index in [2.05, 4.69) is 10.2 Å². The predicted octanol–water partition coefficient (Wildman–Crippen LogP) is 2.54. The zero-order valence-electron chi connectivity index (χ0n) is 18.8. The highest BCUT2D eigenvalue weighted by molar-refractivity contribution is 6.20. The van der Waals surface area contributed by atoms with Crippen LogP contribution < -0.4 is 19.7 Å². The Kier molecular flexibility index (Phi) is 5.23. The number of urea groups is 1. The van der Waals surface area contributed by atoms with Gasteiger partial charge in [-0.2, -0.15) is 0 Å². The maximum Gasteiger partial charge on any atom is 0.330 e. The van der Waals surface area contributed by atoms with E-state index in [1.54, 1.807) is 20.3 Å². The summed E-state index contributed by atoms with van der Waals surface area (Å²) < 4.78 is 10.6. The Morgan fingerprint density at radius 1 is 1.06 bits per heavy atom. The van der Waals surface area contributed by atoms with Crippen LogP contribution in [0.3, 0.4) is 0 Å². The minimum Gasteiger partial charge on any atom is -0.493 e. The van der Waals surface area contributed by atoms with E-state index in [-0.39, 0.29) is 12.6 Å². The van der Waals surface area contributed by atoms with Crippen LogP contribution in [-0.2, 0) is 22.4 Å². The van der Waals surface area contributed by atoms with E-state index in [9.17, 15) is 14.4 Å². The molecular formula is C25H27N3O5. The molecule has 0 aromatic heterocycles. The lowest BCUT2D eigenvalue weighted by atomic mass is 9.68. The summed E-state index contributed by atoms with van der Waals surface area (Å²) in [6, 6.07) is 12.5. The van der Waals surface area contributed by atoms with Crippen LogP contribution in [0.25, 0.3) is 0 Å². The number of fused-ring (bicyclic) bond motifs is 4. The zero-order chi connectivity index (χ0) is 23.2. The first-order chi connectivity index (χ1) is 16.0. The summed E-state index contributed by atoms with van der Waals surface area (Å²) in [5, 5.41) is 2.50. The van der Waals surface area contributed by atoms with Crippen molar-refractivity contribution in [2.45, 2.75) is 31.7 Å². The second kappa shape index (κ2) is 8.10. The van der Waals surface area contributed by atoms with Gasteiger partial charge >= 0.3 is 6.03 Å². The van der Waals surface area contributed by atoms with Crippen molar-refractivity contribution in [2.24, 2.45) is 5.41 Å². The third-order valence-corrected chi connectivity index (χ3v) is 7.16. The van der Waals surface area contributed by atoms with Gasteiger partial charge in [-0.05, 0) is 55.0 Å². The van der Waals surface area contributed by atoms with Gasteiger partial charge in [0.2, 0.25) is 11.8 Å². The number of carbonyl (C=O) groups excluding carboxylic acids is 3. The van der Waals surface area contributed by atoms with Crippen molar-refractivity contribution in [1.82, 2.24) is 10.2 Å². The molecule has 2 aromatic carbocycles. The summed E-state index contributed by atoms with van der Waals surface area (Å²) in [6.07, 6.45) is 2.38. The number of anilines is 1. The Morgan fingerprint density at radius 3 is 2.64 bits per heavy atom. The van der Waals surface area contributed by atoms with E-state index < -0.39 is 23.3 Å². The molecule has 1 spiro atoms. The SMILES string of the molecule is COc1ccc(CCN2C(=O)NC(=O)[C@@]3(Cc4ccccc4N4CCC[C@H]43)C2=O)cc1OC. The molecule has 2 atom stereocenters. The Hall–Kier alpha value is -3.55. The second-order valence-electron chi connectivity index (χ2n) is 8.78. The van der Waals surface area contributed by atoms with Gasteiger partial charge in [-0.15, -0.1) is 0 Å². The lowest BCUT2D eigenvalue weighted by molar-refractivity contribution is -0.153. The average molecular weight is 450 g/mol. The number of imide groups is 2. The van der Waals surface area contributed by atoms with Gasteiger partial charge < -0.3 is 14.4 Å². The topological polar surface area (TPSA) is 88.2 Å². The molecule has 4 amide bonds. The Bertz CT molecular complexity index is 1130. The van der Waals surface area contributed by atoms with Crippen molar-refractivity contribution in [3.05, 3.63) is 53.6 Å². The van der Waals surface area contributed by atoms with E-state index in [1.807, 2.05) is 36.4 Å². The molecule has 3 heterocycles. The summed E-state index contributed by atoms with van der Waals surface area (Å²) >= 11 is 0. The van der Waals surface area contributed by atoms with Crippen LogP contribution in [0.4, 0.5) is 10.5 Å². The quantitative estimate of drug-likeness (QED) is 0.706. The number of benzene rings is 2. The average Bonchev–Trinajstić information content (AvgIpc) is 3.33. The van der Waals surface area contributed by atoms with Gasteiger partial charge in [-0.3, -0.25) is 19.8 Å². The normalized spacial score (nSPS) is 23.9. The number of barbiturate groups is 1. The van der Waals surface area contributed by atoms with E-state index in [1.165, 1.54) is 4.90 Å². The fraction of sp³-hybridized carbons (Fsp3) is 0.400. The Morgan fingerprint density at radius 2 is 1.85 bits per heavy atom. The fourth-order valence-electron chi connectivity index (χ4n) is 5.56. The van der Waals surface area contributed by atoms with Crippen LogP contribution in [0.1, 0.15) is 24.0 Å².